The van der Waals surface area contributed by atoms with Gasteiger partial charge in [-0.15, -0.1) is 0 Å². The molecule has 2 aliphatic rings. The first kappa shape index (κ1) is 41.0. The second-order valence-corrected chi connectivity index (χ2v) is 14.2. The Morgan fingerprint density at radius 2 is 1.61 bits per heavy atom. The Morgan fingerprint density at radius 1 is 1.00 bits per heavy atom. The first-order chi connectivity index (χ1) is 23.6. The number of nitrogens with zero attached hydrogens (tertiary/aromatic N) is 1. The number of hydrogen-bond donors (Lipinski definition) is 2. The first-order valence-corrected chi connectivity index (χ1v) is 16.8. The summed E-state index contributed by atoms with van der Waals surface area (Å²) in [5.41, 5.74) is -6.08. The van der Waals surface area contributed by atoms with Gasteiger partial charge in [-0.2, -0.15) is 0 Å². The average molecular weight is 716 g/mol. The molecule has 1 aromatic heterocycles. The minimum atomic E-state index is -2.56. The summed E-state index contributed by atoms with van der Waals surface area (Å²) >= 11 is 0. The van der Waals surface area contributed by atoms with Gasteiger partial charge in [-0.3, -0.25) is 29.0 Å². The number of ketones is 1. The molecule has 51 heavy (non-hydrogen) atoms. The lowest BCUT2D eigenvalue weighted by Crippen LogP contribution is -2.58. The highest BCUT2D eigenvalue weighted by molar-refractivity contribution is 5.92. The highest BCUT2D eigenvalue weighted by Gasteiger charge is 2.68. The summed E-state index contributed by atoms with van der Waals surface area (Å²) < 4.78 is 28.9. The fourth-order valence-corrected chi connectivity index (χ4v) is 6.66. The van der Waals surface area contributed by atoms with E-state index in [4.69, 9.17) is 23.7 Å². The molecule has 1 unspecified atom stereocenters. The number of Topliss-reactive ketones (excluding diaryl/α,β-unsaturated/α-hetero) is 1. The van der Waals surface area contributed by atoms with Crippen molar-refractivity contribution in [3.05, 3.63) is 54.4 Å². The number of aliphatic hydroxyl groups is 2. The second kappa shape index (κ2) is 15.9. The van der Waals surface area contributed by atoms with Gasteiger partial charge in [0, 0.05) is 56.5 Å². The molecule has 0 amide bonds. The second-order valence-electron chi connectivity index (χ2n) is 14.2. The van der Waals surface area contributed by atoms with E-state index in [-0.39, 0.29) is 11.1 Å². The Morgan fingerprint density at radius 3 is 2.14 bits per heavy atom. The fraction of sp³-hybridized carbons (Fsp3) is 0.595. The van der Waals surface area contributed by atoms with Crippen LogP contribution in [0.5, 0.6) is 0 Å². The maximum atomic E-state index is 14.4. The normalized spacial score (nSPS) is 33.3. The van der Waals surface area contributed by atoms with E-state index in [0.29, 0.717) is 6.42 Å². The molecule has 0 bridgehead atoms. The summed E-state index contributed by atoms with van der Waals surface area (Å²) in [6, 6.07) is 2.92. The number of ether oxygens (including phenoxy) is 5. The summed E-state index contributed by atoms with van der Waals surface area (Å²) in [6.45, 7) is 16.7. The van der Waals surface area contributed by atoms with Gasteiger partial charge < -0.3 is 33.9 Å². The van der Waals surface area contributed by atoms with Crippen LogP contribution in [0.4, 0.5) is 0 Å². The van der Waals surface area contributed by atoms with Gasteiger partial charge in [0.25, 0.3) is 0 Å². The van der Waals surface area contributed by atoms with Crippen LogP contribution in [0, 0.1) is 23.2 Å². The molecule has 2 aliphatic carbocycles. The zero-order valence-corrected chi connectivity index (χ0v) is 30.5. The highest BCUT2D eigenvalue weighted by Crippen LogP contribution is 2.51. The van der Waals surface area contributed by atoms with Crippen LogP contribution in [0.1, 0.15) is 85.5 Å². The lowest BCUT2D eigenvalue weighted by atomic mass is 9.72. The van der Waals surface area contributed by atoms with Crippen LogP contribution < -0.4 is 0 Å². The molecule has 1 saturated carbocycles. The molecule has 14 heteroatoms. The average Bonchev–Trinajstić information content (AvgIpc) is 3.25. The smallest absolute Gasteiger partial charge is 0.340 e. The van der Waals surface area contributed by atoms with Gasteiger partial charge in [0.1, 0.15) is 23.4 Å². The van der Waals surface area contributed by atoms with Crippen LogP contribution in [0.25, 0.3) is 0 Å². The van der Waals surface area contributed by atoms with Gasteiger partial charge in [-0.1, -0.05) is 53.3 Å². The Bertz CT molecular complexity index is 1550. The molecule has 0 spiro atoms. The molecule has 1 fully saturated rings. The number of esters is 5. The third-order valence-corrected chi connectivity index (χ3v) is 9.55. The van der Waals surface area contributed by atoms with E-state index in [1.165, 1.54) is 50.5 Å². The highest BCUT2D eigenvalue weighted by atomic mass is 16.6. The molecule has 2 N–H and O–H groups in total. The van der Waals surface area contributed by atoms with Crippen LogP contribution >= 0.6 is 0 Å². The quantitative estimate of drug-likeness (QED) is 0.226. The fourth-order valence-electron chi connectivity index (χ4n) is 6.66. The maximum absolute atomic E-state index is 14.4. The van der Waals surface area contributed by atoms with Crippen LogP contribution in [0.3, 0.4) is 0 Å². The van der Waals surface area contributed by atoms with Crippen molar-refractivity contribution in [2.45, 2.75) is 117 Å². The van der Waals surface area contributed by atoms with Crippen molar-refractivity contribution in [2.75, 3.05) is 0 Å². The van der Waals surface area contributed by atoms with Crippen molar-refractivity contribution in [2.24, 2.45) is 23.2 Å². The zero-order valence-electron chi connectivity index (χ0n) is 30.5. The largest absolute Gasteiger partial charge is 0.458 e. The van der Waals surface area contributed by atoms with Crippen molar-refractivity contribution in [3.8, 4) is 0 Å². The Balaban J connectivity index is 2.40. The Hall–Kier alpha value is -4.43. The van der Waals surface area contributed by atoms with Crippen molar-refractivity contribution in [1.29, 1.82) is 0 Å². The molecular weight excluding hydrogens is 666 g/mol. The number of carbonyl (C=O) groups is 6. The molecule has 0 saturated heterocycles. The molecule has 0 radical (unpaired) electrons. The summed E-state index contributed by atoms with van der Waals surface area (Å²) in [7, 11) is 0. The first-order valence-electron chi connectivity index (χ1n) is 16.8. The number of allylic oxidation sites excluding steroid dienone is 1. The molecule has 1 aromatic rings. The molecule has 0 aliphatic heterocycles. The number of fused-ring (bicyclic) bond motifs is 1. The van der Waals surface area contributed by atoms with E-state index in [9.17, 15) is 39.0 Å². The molecule has 14 nitrogen and oxygen atoms in total. The van der Waals surface area contributed by atoms with Crippen molar-refractivity contribution in [3.63, 3.8) is 0 Å². The molecule has 0 aromatic carbocycles. The summed E-state index contributed by atoms with van der Waals surface area (Å²) in [6.07, 6.45) is -3.20. The third kappa shape index (κ3) is 8.90. The van der Waals surface area contributed by atoms with Gasteiger partial charge in [0.2, 0.25) is 0 Å². The van der Waals surface area contributed by atoms with E-state index in [1.807, 2.05) is 0 Å². The van der Waals surface area contributed by atoms with E-state index in [2.05, 4.69) is 11.6 Å². The SMILES string of the molecule is C=C1[C@H](OC(C)=O)[C@@H](OC(C)=O)[C@@H](OC(C)=O)C(C)(C)/C=C/[C@H](C)C(=O)[C@@]2(O)C[C@@](C)(OC(=O)c3cccnc3)[C@H](O)[C@@H]2[C@H]1OC(=O)C(C)CC. The number of aliphatic hydroxyl groups excluding tert-OH is 1. The van der Waals surface area contributed by atoms with Crippen molar-refractivity contribution < 1.29 is 62.7 Å². The monoisotopic (exact) mass is 715 g/mol. The van der Waals surface area contributed by atoms with E-state index in [0.717, 1.165) is 20.8 Å². The number of aromatic nitrogens is 1. The van der Waals surface area contributed by atoms with Crippen LogP contribution in [-0.4, -0.2) is 92.5 Å². The Kier molecular flexibility index (Phi) is 12.7. The van der Waals surface area contributed by atoms with Gasteiger partial charge in [0.15, 0.2) is 24.1 Å². The number of carbonyl (C=O) groups excluding carboxylic acids is 6. The standard InChI is InChI=1S/C37H49NO13/c1-11-19(2)33(44)50-27-21(4)28(47-22(5)39)29(48-23(6)40)32(49-24(7)41)35(8,9)15-14-20(3)30(42)37(46)18-36(10,31(43)26(27)37)51-34(45)25-13-12-16-38-17-25/h12-17,19-20,26-29,31-32,43,46H,4,11,18H2,1-3,5-10H3/b15-14+/t19?,20-,26-,27-,28-,29+,31+,32+,36+,37+/m0/s1. The number of rotatable bonds is 8. The van der Waals surface area contributed by atoms with Gasteiger partial charge in [0.05, 0.1) is 17.4 Å². The number of hydrogen-bond acceptors (Lipinski definition) is 14. The van der Waals surface area contributed by atoms with Crippen molar-refractivity contribution in [1.82, 2.24) is 4.98 Å². The van der Waals surface area contributed by atoms with E-state index >= 15 is 0 Å². The van der Waals surface area contributed by atoms with E-state index < -0.39 is 107 Å². The topological polar surface area (TPSA) is 202 Å². The molecule has 1 heterocycles. The van der Waals surface area contributed by atoms with Crippen LogP contribution in [0.2, 0.25) is 0 Å². The van der Waals surface area contributed by atoms with Gasteiger partial charge in [-0.05, 0) is 25.5 Å². The third-order valence-electron chi connectivity index (χ3n) is 9.55. The predicted molar refractivity (Wildman–Crippen MR) is 179 cm³/mol. The lowest BCUT2D eigenvalue weighted by Gasteiger charge is -2.43. The lowest BCUT2D eigenvalue weighted by molar-refractivity contribution is -0.191. The van der Waals surface area contributed by atoms with Crippen LogP contribution in [0.15, 0.2) is 48.8 Å². The summed E-state index contributed by atoms with van der Waals surface area (Å²) in [5.74, 6) is -8.74. The Labute approximate surface area is 297 Å². The van der Waals surface area contributed by atoms with Crippen molar-refractivity contribution >= 4 is 35.6 Å². The minimum Gasteiger partial charge on any atom is -0.458 e. The minimum absolute atomic E-state index is 0.0217. The van der Waals surface area contributed by atoms with Crippen LogP contribution in [-0.2, 0) is 47.7 Å². The summed E-state index contributed by atoms with van der Waals surface area (Å²) in [4.78, 5) is 83.0. The van der Waals surface area contributed by atoms with E-state index in [1.54, 1.807) is 27.7 Å². The van der Waals surface area contributed by atoms with Gasteiger partial charge >= 0.3 is 29.8 Å². The molecule has 3 rings (SSSR count). The molecular formula is C37H49NO13. The number of pyridine rings is 1. The van der Waals surface area contributed by atoms with Gasteiger partial charge in [-0.25, -0.2) is 4.79 Å². The summed E-state index contributed by atoms with van der Waals surface area (Å²) in [5, 5.41) is 24.7. The molecule has 10 atom stereocenters. The zero-order chi connectivity index (χ0) is 38.6. The predicted octanol–water partition coefficient (Wildman–Crippen LogP) is 3.22. The maximum Gasteiger partial charge on any atom is 0.340 e. The molecule has 280 valence electrons.